The fourth-order valence-corrected chi connectivity index (χ4v) is 3.16. The number of rotatable bonds is 6. The molecule has 0 amide bonds. The van der Waals surface area contributed by atoms with Gasteiger partial charge in [0.1, 0.15) is 0 Å². The summed E-state index contributed by atoms with van der Waals surface area (Å²) in [5.74, 6) is 1.45. The van der Waals surface area contributed by atoms with Crippen molar-refractivity contribution < 1.29 is 4.39 Å². The van der Waals surface area contributed by atoms with Crippen LogP contribution in [0.5, 0.6) is 0 Å². The number of nitrogens with zero attached hydrogens (tertiary/aromatic N) is 1. The van der Waals surface area contributed by atoms with Gasteiger partial charge in [-0.05, 0) is 74.5 Å². The molecule has 0 bridgehead atoms. The third-order valence-electron chi connectivity index (χ3n) is 4.50. The predicted molar refractivity (Wildman–Crippen MR) is 84.8 cm³/mol. The van der Waals surface area contributed by atoms with Crippen molar-refractivity contribution in [3.8, 4) is 6.07 Å². The predicted octanol–water partition coefficient (Wildman–Crippen LogP) is 5.53. The molecular weight excluding hydrogens is 261 g/mol. The zero-order chi connectivity index (χ0) is 14.9. The van der Waals surface area contributed by atoms with Crippen LogP contribution in [-0.4, -0.2) is 6.67 Å². The van der Waals surface area contributed by atoms with E-state index in [0.29, 0.717) is 12.3 Å². The zero-order valence-corrected chi connectivity index (χ0v) is 12.6. The molecule has 1 fully saturated rings. The Hall–Kier alpha value is -1.62. The van der Waals surface area contributed by atoms with Crippen LogP contribution < -0.4 is 0 Å². The first-order chi connectivity index (χ1) is 10.3. The molecule has 1 nitrogen and oxygen atoms in total. The molecule has 2 heteroatoms. The summed E-state index contributed by atoms with van der Waals surface area (Å²) < 4.78 is 12.0. The van der Waals surface area contributed by atoms with E-state index < -0.39 is 0 Å². The molecule has 2 rings (SSSR count). The lowest BCUT2D eigenvalue weighted by Gasteiger charge is -2.28. The molecule has 0 spiro atoms. The Morgan fingerprint density at radius 2 is 1.81 bits per heavy atom. The van der Waals surface area contributed by atoms with Crippen molar-refractivity contribution in [2.75, 3.05) is 6.67 Å². The summed E-state index contributed by atoms with van der Waals surface area (Å²) in [4.78, 5) is 0. The molecule has 1 aromatic carbocycles. The lowest BCUT2D eigenvalue weighted by atomic mass is 9.77. The molecule has 21 heavy (non-hydrogen) atoms. The van der Waals surface area contributed by atoms with Crippen LogP contribution in [0.25, 0.3) is 0 Å². The van der Waals surface area contributed by atoms with Gasteiger partial charge in [0.05, 0.1) is 18.3 Å². The van der Waals surface area contributed by atoms with E-state index in [9.17, 15) is 4.39 Å². The minimum absolute atomic E-state index is 0.208. The molecule has 0 radical (unpaired) electrons. The molecule has 0 heterocycles. The number of unbranched alkanes of at least 4 members (excludes halogenated alkanes) is 1. The molecule has 0 N–H and O–H groups in total. The van der Waals surface area contributed by atoms with Gasteiger partial charge >= 0.3 is 0 Å². The molecule has 0 saturated heterocycles. The van der Waals surface area contributed by atoms with E-state index in [2.05, 4.69) is 30.4 Å². The van der Waals surface area contributed by atoms with Crippen molar-refractivity contribution in [1.82, 2.24) is 0 Å². The van der Waals surface area contributed by atoms with Gasteiger partial charge in [0.25, 0.3) is 0 Å². The minimum Gasteiger partial charge on any atom is -0.251 e. The monoisotopic (exact) mass is 285 g/mol. The summed E-state index contributed by atoms with van der Waals surface area (Å²) >= 11 is 0. The second-order valence-corrected chi connectivity index (χ2v) is 5.99. The van der Waals surface area contributed by atoms with Gasteiger partial charge in [-0.15, -0.1) is 0 Å². The van der Waals surface area contributed by atoms with Crippen molar-refractivity contribution in [3.05, 3.63) is 47.5 Å². The summed E-state index contributed by atoms with van der Waals surface area (Å²) in [6.45, 7) is -0.208. The lowest BCUT2D eigenvalue weighted by molar-refractivity contribution is 0.328. The second kappa shape index (κ2) is 8.62. The number of halogens is 1. The van der Waals surface area contributed by atoms with E-state index in [1.165, 1.54) is 31.2 Å². The van der Waals surface area contributed by atoms with Gasteiger partial charge in [0.2, 0.25) is 0 Å². The molecule has 112 valence electrons. The van der Waals surface area contributed by atoms with Crippen molar-refractivity contribution >= 4 is 0 Å². The Morgan fingerprint density at radius 1 is 1.10 bits per heavy atom. The van der Waals surface area contributed by atoms with Crippen LogP contribution in [0.2, 0.25) is 0 Å². The molecule has 0 aliphatic heterocycles. The highest BCUT2D eigenvalue weighted by Crippen LogP contribution is 2.37. The Morgan fingerprint density at radius 3 is 2.43 bits per heavy atom. The Bertz CT molecular complexity index is 475. The maximum atomic E-state index is 12.0. The van der Waals surface area contributed by atoms with Gasteiger partial charge in [-0.25, -0.2) is 0 Å². The summed E-state index contributed by atoms with van der Waals surface area (Å²) in [6, 6.07) is 10.2. The number of nitriles is 1. The van der Waals surface area contributed by atoms with E-state index in [1.54, 1.807) is 0 Å². The number of allylic oxidation sites excluding steroid dienone is 2. The molecule has 1 aromatic rings. The average molecular weight is 285 g/mol. The smallest absolute Gasteiger partial charge is 0.0991 e. The maximum Gasteiger partial charge on any atom is 0.0991 e. The first kappa shape index (κ1) is 15.8. The molecule has 1 aliphatic rings. The van der Waals surface area contributed by atoms with Gasteiger partial charge < -0.3 is 0 Å². The van der Waals surface area contributed by atoms with E-state index in [1.807, 2.05) is 12.1 Å². The first-order valence-corrected chi connectivity index (χ1v) is 8.04. The van der Waals surface area contributed by atoms with Crippen molar-refractivity contribution in [2.24, 2.45) is 5.92 Å². The largest absolute Gasteiger partial charge is 0.251 e. The normalized spacial score (nSPS) is 22.3. The van der Waals surface area contributed by atoms with Gasteiger partial charge in [-0.1, -0.05) is 24.3 Å². The molecule has 0 unspecified atom stereocenters. The van der Waals surface area contributed by atoms with Crippen molar-refractivity contribution in [2.45, 2.75) is 50.9 Å². The third kappa shape index (κ3) is 5.01. The number of hydrogen-bond donors (Lipinski definition) is 0. The summed E-state index contributed by atoms with van der Waals surface area (Å²) in [6.07, 6.45) is 12.1. The molecule has 0 atom stereocenters. The van der Waals surface area contributed by atoms with Crippen LogP contribution in [0.4, 0.5) is 4.39 Å². The number of alkyl halides is 1. The SMILES string of the molecule is N#Cc1ccc([C@H]2CC[C@H](C/C=C/CCCF)CC2)cc1. The topological polar surface area (TPSA) is 23.8 Å². The fraction of sp³-hybridized carbons (Fsp3) is 0.526. The summed E-state index contributed by atoms with van der Waals surface area (Å²) in [5, 5.41) is 8.83. The van der Waals surface area contributed by atoms with E-state index >= 15 is 0 Å². The Kier molecular flexibility index (Phi) is 6.47. The summed E-state index contributed by atoms with van der Waals surface area (Å²) in [7, 11) is 0. The average Bonchev–Trinajstić information content (AvgIpc) is 2.55. The van der Waals surface area contributed by atoms with Gasteiger partial charge in [0.15, 0.2) is 0 Å². The third-order valence-corrected chi connectivity index (χ3v) is 4.50. The first-order valence-electron chi connectivity index (χ1n) is 8.04. The fourth-order valence-electron chi connectivity index (χ4n) is 3.16. The zero-order valence-electron chi connectivity index (χ0n) is 12.6. The standard InChI is InChI=1S/C19H24FN/c20-14-4-2-1-3-5-16-6-10-18(11-7-16)19-12-8-17(15-21)9-13-19/h1,3,8-9,12-13,16,18H,2,4-7,10-11,14H2/b3-1+/t16-,18-. The van der Waals surface area contributed by atoms with Crippen LogP contribution in [0.3, 0.4) is 0 Å². The quantitative estimate of drug-likeness (QED) is 0.498. The van der Waals surface area contributed by atoms with E-state index in [-0.39, 0.29) is 6.67 Å². The van der Waals surface area contributed by atoms with Crippen LogP contribution in [-0.2, 0) is 0 Å². The summed E-state index contributed by atoms with van der Waals surface area (Å²) in [5.41, 5.74) is 2.12. The number of hydrogen-bond acceptors (Lipinski definition) is 1. The molecule has 1 saturated carbocycles. The van der Waals surface area contributed by atoms with Gasteiger partial charge in [-0.3, -0.25) is 4.39 Å². The van der Waals surface area contributed by atoms with Crippen molar-refractivity contribution in [3.63, 3.8) is 0 Å². The Labute approximate surface area is 127 Å². The van der Waals surface area contributed by atoms with Crippen LogP contribution in [0.1, 0.15) is 62.0 Å². The second-order valence-electron chi connectivity index (χ2n) is 5.99. The van der Waals surface area contributed by atoms with E-state index in [0.717, 1.165) is 24.3 Å². The highest BCUT2D eigenvalue weighted by atomic mass is 19.1. The highest BCUT2D eigenvalue weighted by molar-refractivity contribution is 5.33. The molecular formula is C19H24FN. The molecule has 1 aliphatic carbocycles. The van der Waals surface area contributed by atoms with Crippen LogP contribution in [0, 0.1) is 17.2 Å². The highest BCUT2D eigenvalue weighted by Gasteiger charge is 2.21. The van der Waals surface area contributed by atoms with Crippen molar-refractivity contribution in [1.29, 1.82) is 5.26 Å². The van der Waals surface area contributed by atoms with E-state index in [4.69, 9.17) is 5.26 Å². The minimum atomic E-state index is -0.208. The number of benzene rings is 1. The van der Waals surface area contributed by atoms with Crippen LogP contribution >= 0.6 is 0 Å². The lowest BCUT2D eigenvalue weighted by Crippen LogP contribution is -2.12. The van der Waals surface area contributed by atoms with Crippen LogP contribution in [0.15, 0.2) is 36.4 Å². The Balaban J connectivity index is 1.75. The van der Waals surface area contributed by atoms with Gasteiger partial charge in [0, 0.05) is 0 Å². The maximum absolute atomic E-state index is 12.0. The van der Waals surface area contributed by atoms with Gasteiger partial charge in [-0.2, -0.15) is 5.26 Å². The molecule has 0 aromatic heterocycles.